The number of hydrogen-bond donors (Lipinski definition) is 1. The Kier molecular flexibility index (Phi) is 3.41. The first-order chi connectivity index (χ1) is 6.37. The molecule has 0 saturated heterocycles. The van der Waals surface area contributed by atoms with Gasteiger partial charge in [-0.2, -0.15) is 0 Å². The largest absolute Gasteiger partial charge is 0.392 e. The molecule has 1 N–H and O–H groups in total. The Morgan fingerprint density at radius 1 is 1.50 bits per heavy atom. The van der Waals surface area contributed by atoms with Crippen molar-refractivity contribution in [1.82, 2.24) is 0 Å². The maximum Gasteiger partial charge on any atom is 0.0610 e. The van der Waals surface area contributed by atoms with Gasteiger partial charge in [0.05, 0.1) is 6.10 Å². The highest BCUT2D eigenvalue weighted by Gasteiger charge is 2.38. The summed E-state index contributed by atoms with van der Waals surface area (Å²) in [5.41, 5.74) is 1.47. The molecule has 1 saturated carbocycles. The molecule has 0 amide bonds. The summed E-state index contributed by atoms with van der Waals surface area (Å²) in [6.45, 7) is 12.8. The highest BCUT2D eigenvalue weighted by atomic mass is 16.3. The lowest BCUT2D eigenvalue weighted by atomic mass is 9.64. The SMILES string of the molecule is C=C(C)C1CCC(C)(C(C)C)CC1O. The molecule has 0 heterocycles. The second-order valence-corrected chi connectivity index (χ2v) is 5.57. The molecule has 3 atom stereocenters. The van der Waals surface area contributed by atoms with Gasteiger partial charge in [0.1, 0.15) is 0 Å². The summed E-state index contributed by atoms with van der Waals surface area (Å²) in [6, 6.07) is 0. The fraction of sp³-hybridized carbons (Fsp3) is 0.846. The first kappa shape index (κ1) is 11.8. The third kappa shape index (κ3) is 2.20. The van der Waals surface area contributed by atoms with Gasteiger partial charge in [0, 0.05) is 5.92 Å². The lowest BCUT2D eigenvalue weighted by molar-refractivity contribution is -0.0000533. The number of rotatable bonds is 2. The van der Waals surface area contributed by atoms with Crippen LogP contribution in [0.5, 0.6) is 0 Å². The molecule has 0 spiro atoms. The standard InChI is InChI=1S/C13H24O/c1-9(2)11-6-7-13(5,10(3)4)8-12(11)14/h10-12,14H,1,6-8H2,2-5H3. The Morgan fingerprint density at radius 2 is 2.07 bits per heavy atom. The van der Waals surface area contributed by atoms with E-state index in [1.54, 1.807) is 0 Å². The normalized spacial score (nSPS) is 38.7. The second-order valence-electron chi connectivity index (χ2n) is 5.57. The number of aliphatic hydroxyl groups is 1. The van der Waals surface area contributed by atoms with Crippen molar-refractivity contribution < 1.29 is 5.11 Å². The van der Waals surface area contributed by atoms with E-state index in [1.807, 2.05) is 6.92 Å². The van der Waals surface area contributed by atoms with Gasteiger partial charge in [-0.05, 0) is 37.5 Å². The van der Waals surface area contributed by atoms with Crippen LogP contribution in [0.15, 0.2) is 12.2 Å². The van der Waals surface area contributed by atoms with Crippen molar-refractivity contribution in [3.63, 3.8) is 0 Å². The molecule has 0 aliphatic heterocycles. The minimum absolute atomic E-state index is 0.173. The van der Waals surface area contributed by atoms with Crippen LogP contribution < -0.4 is 0 Å². The molecule has 0 aromatic heterocycles. The van der Waals surface area contributed by atoms with Crippen LogP contribution in [0.3, 0.4) is 0 Å². The van der Waals surface area contributed by atoms with Gasteiger partial charge in [0.2, 0.25) is 0 Å². The highest BCUT2D eigenvalue weighted by Crippen LogP contribution is 2.45. The van der Waals surface area contributed by atoms with Crippen LogP contribution in [-0.2, 0) is 0 Å². The van der Waals surface area contributed by atoms with Crippen molar-refractivity contribution >= 4 is 0 Å². The molecule has 1 fully saturated rings. The lowest BCUT2D eigenvalue weighted by Gasteiger charge is -2.43. The molecule has 0 bridgehead atoms. The van der Waals surface area contributed by atoms with Crippen molar-refractivity contribution in [3.05, 3.63) is 12.2 Å². The molecular formula is C13H24O. The molecule has 0 radical (unpaired) electrons. The number of aliphatic hydroxyl groups excluding tert-OH is 1. The van der Waals surface area contributed by atoms with Crippen LogP contribution in [0.2, 0.25) is 0 Å². The van der Waals surface area contributed by atoms with Gasteiger partial charge >= 0.3 is 0 Å². The van der Waals surface area contributed by atoms with Gasteiger partial charge in [-0.3, -0.25) is 0 Å². The summed E-state index contributed by atoms with van der Waals surface area (Å²) in [5, 5.41) is 10.1. The van der Waals surface area contributed by atoms with Gasteiger partial charge < -0.3 is 5.11 Å². The fourth-order valence-electron chi connectivity index (χ4n) is 2.50. The van der Waals surface area contributed by atoms with Crippen LogP contribution in [0.25, 0.3) is 0 Å². The lowest BCUT2D eigenvalue weighted by Crippen LogP contribution is -2.38. The van der Waals surface area contributed by atoms with Crippen molar-refractivity contribution in [1.29, 1.82) is 0 Å². The first-order valence-corrected chi connectivity index (χ1v) is 5.70. The van der Waals surface area contributed by atoms with Crippen LogP contribution in [-0.4, -0.2) is 11.2 Å². The zero-order chi connectivity index (χ0) is 10.9. The van der Waals surface area contributed by atoms with Crippen molar-refractivity contribution in [2.75, 3.05) is 0 Å². The summed E-state index contributed by atoms with van der Waals surface area (Å²) in [7, 11) is 0. The molecule has 1 nitrogen and oxygen atoms in total. The van der Waals surface area contributed by atoms with E-state index in [0.717, 1.165) is 18.4 Å². The molecule has 1 aliphatic rings. The average molecular weight is 196 g/mol. The van der Waals surface area contributed by atoms with E-state index >= 15 is 0 Å². The van der Waals surface area contributed by atoms with E-state index in [1.165, 1.54) is 6.42 Å². The smallest absolute Gasteiger partial charge is 0.0610 e. The Labute approximate surface area is 88.2 Å². The van der Waals surface area contributed by atoms with Gasteiger partial charge in [0.15, 0.2) is 0 Å². The summed E-state index contributed by atoms with van der Waals surface area (Å²) >= 11 is 0. The summed E-state index contributed by atoms with van der Waals surface area (Å²) in [5.74, 6) is 0.991. The summed E-state index contributed by atoms with van der Waals surface area (Å²) < 4.78 is 0. The molecule has 14 heavy (non-hydrogen) atoms. The second kappa shape index (κ2) is 4.06. The Bertz CT molecular complexity index is 219. The molecule has 1 aliphatic carbocycles. The monoisotopic (exact) mass is 196 g/mol. The van der Waals surface area contributed by atoms with E-state index in [4.69, 9.17) is 0 Å². The zero-order valence-electron chi connectivity index (χ0n) is 10.0. The van der Waals surface area contributed by atoms with E-state index in [2.05, 4.69) is 27.4 Å². The Balaban J connectivity index is 2.67. The van der Waals surface area contributed by atoms with E-state index in [0.29, 0.717) is 17.3 Å². The van der Waals surface area contributed by atoms with E-state index in [-0.39, 0.29) is 6.10 Å². The van der Waals surface area contributed by atoms with Gasteiger partial charge in [-0.15, -0.1) is 0 Å². The van der Waals surface area contributed by atoms with Crippen LogP contribution in [0.1, 0.15) is 47.0 Å². The molecule has 82 valence electrons. The zero-order valence-corrected chi connectivity index (χ0v) is 10.0. The maximum atomic E-state index is 10.1. The minimum atomic E-state index is -0.173. The van der Waals surface area contributed by atoms with E-state index < -0.39 is 0 Å². The molecule has 3 unspecified atom stereocenters. The van der Waals surface area contributed by atoms with Gasteiger partial charge in [-0.25, -0.2) is 0 Å². The quantitative estimate of drug-likeness (QED) is 0.671. The third-order valence-electron chi connectivity index (χ3n) is 4.19. The predicted octanol–water partition coefficient (Wildman–Crippen LogP) is 3.39. The topological polar surface area (TPSA) is 20.2 Å². The molecule has 0 aromatic carbocycles. The molecule has 1 heteroatoms. The Morgan fingerprint density at radius 3 is 2.43 bits per heavy atom. The van der Waals surface area contributed by atoms with E-state index in [9.17, 15) is 5.11 Å². The highest BCUT2D eigenvalue weighted by molar-refractivity contribution is 5.04. The van der Waals surface area contributed by atoms with Crippen LogP contribution in [0, 0.1) is 17.3 Å². The maximum absolute atomic E-state index is 10.1. The summed E-state index contributed by atoms with van der Waals surface area (Å²) in [6.07, 6.45) is 3.08. The van der Waals surface area contributed by atoms with Crippen molar-refractivity contribution in [2.45, 2.75) is 53.1 Å². The third-order valence-corrected chi connectivity index (χ3v) is 4.19. The van der Waals surface area contributed by atoms with Gasteiger partial charge in [0.25, 0.3) is 0 Å². The summed E-state index contributed by atoms with van der Waals surface area (Å²) in [4.78, 5) is 0. The van der Waals surface area contributed by atoms with Gasteiger partial charge in [-0.1, -0.05) is 32.9 Å². The van der Waals surface area contributed by atoms with Crippen molar-refractivity contribution in [3.8, 4) is 0 Å². The minimum Gasteiger partial charge on any atom is -0.392 e. The molecule has 1 rings (SSSR count). The first-order valence-electron chi connectivity index (χ1n) is 5.70. The predicted molar refractivity (Wildman–Crippen MR) is 61.1 cm³/mol. The average Bonchev–Trinajstić information content (AvgIpc) is 2.02. The Hall–Kier alpha value is -0.300. The fourth-order valence-corrected chi connectivity index (χ4v) is 2.50. The number of hydrogen-bond acceptors (Lipinski definition) is 1. The van der Waals surface area contributed by atoms with Crippen molar-refractivity contribution in [2.24, 2.45) is 17.3 Å². The molecular weight excluding hydrogens is 172 g/mol. The van der Waals surface area contributed by atoms with Crippen LogP contribution >= 0.6 is 0 Å². The van der Waals surface area contributed by atoms with Crippen LogP contribution in [0.4, 0.5) is 0 Å². The molecule has 0 aromatic rings.